The number of hydrogen-bond acceptors (Lipinski definition) is 8. The summed E-state index contributed by atoms with van der Waals surface area (Å²) in [5.41, 5.74) is 0. The van der Waals surface area contributed by atoms with E-state index in [4.69, 9.17) is 18.9 Å². The van der Waals surface area contributed by atoms with Crippen LogP contribution in [0.2, 0.25) is 0 Å². The van der Waals surface area contributed by atoms with Crippen molar-refractivity contribution in [2.75, 3.05) is 33.9 Å². The van der Waals surface area contributed by atoms with E-state index in [1.54, 1.807) is 0 Å². The van der Waals surface area contributed by atoms with Crippen molar-refractivity contribution in [3.8, 4) is 0 Å². The molecule has 1 heterocycles. The molecule has 0 N–H and O–H groups in total. The Bertz CT molecular complexity index is 1070. The van der Waals surface area contributed by atoms with Gasteiger partial charge in [0.05, 0.1) is 6.61 Å². The molecule has 8 heteroatoms. The summed E-state index contributed by atoms with van der Waals surface area (Å²) in [6.45, 7) is 5.32. The Morgan fingerprint density at radius 1 is 0.545 bits per heavy atom. The molecule has 1 rings (SSSR count). The van der Waals surface area contributed by atoms with Gasteiger partial charge < -0.3 is 23.8 Å². The van der Waals surface area contributed by atoms with Crippen LogP contribution in [-0.4, -0.2) is 75.0 Å². The molecule has 0 radical (unpaired) electrons. The Morgan fingerprint density at radius 2 is 0.982 bits per heavy atom. The quantitative estimate of drug-likeness (QED) is 0.0269. The van der Waals surface area contributed by atoms with Gasteiger partial charge in [0.25, 0.3) is 0 Å². The first-order valence-corrected chi connectivity index (χ1v) is 22.3. The minimum atomic E-state index is -0.798. The molecule has 1 saturated heterocycles. The predicted octanol–water partition coefficient (Wildman–Crippen LogP) is 11.7. The van der Waals surface area contributed by atoms with E-state index in [9.17, 15) is 14.4 Å². The third-order valence-corrected chi connectivity index (χ3v) is 9.82. The van der Waals surface area contributed by atoms with Crippen LogP contribution in [0.3, 0.4) is 0 Å². The van der Waals surface area contributed by atoms with Crippen LogP contribution >= 0.6 is 0 Å². The standard InChI is InChI=1S/C47H81NO7/c1-5-7-9-11-13-15-17-19-21-23-25-27-29-31-33-36-45(50)54-43-41-52-42(40-53-44(49)38-35-39-48(3)4)47(43)55-46(51)37-34-32-30-28-26-24-22-20-18-16-14-12-10-8-6-2/h13-16,19-22,42-43,47H,5-12,17-18,23-41H2,1-4H3/b15-13-,16-14-,21-19-,22-20-/t42-,43?,47+/m1/s1. The molecular weight excluding hydrogens is 691 g/mol. The molecule has 0 saturated carbocycles. The highest BCUT2D eigenvalue weighted by Gasteiger charge is 2.43. The molecule has 0 aromatic heterocycles. The fourth-order valence-electron chi connectivity index (χ4n) is 6.43. The smallest absolute Gasteiger partial charge is 0.306 e. The van der Waals surface area contributed by atoms with Gasteiger partial charge in [-0.3, -0.25) is 14.4 Å². The lowest BCUT2D eigenvalue weighted by Crippen LogP contribution is -2.40. The van der Waals surface area contributed by atoms with Gasteiger partial charge in [0.15, 0.2) is 12.2 Å². The maximum Gasteiger partial charge on any atom is 0.306 e. The second-order valence-electron chi connectivity index (χ2n) is 15.4. The monoisotopic (exact) mass is 772 g/mol. The fourth-order valence-corrected chi connectivity index (χ4v) is 6.43. The third-order valence-electron chi connectivity index (χ3n) is 9.82. The lowest BCUT2D eigenvalue weighted by Gasteiger charge is -2.23. The normalized spacial score (nSPS) is 17.4. The van der Waals surface area contributed by atoms with Crippen molar-refractivity contribution in [3.63, 3.8) is 0 Å². The maximum absolute atomic E-state index is 12.9. The van der Waals surface area contributed by atoms with E-state index in [1.807, 2.05) is 19.0 Å². The van der Waals surface area contributed by atoms with Gasteiger partial charge in [-0.25, -0.2) is 0 Å². The Labute approximate surface area is 336 Å². The molecule has 55 heavy (non-hydrogen) atoms. The number of unbranched alkanes of at least 4 members (excludes halogenated alkanes) is 16. The number of allylic oxidation sites excluding steroid dienone is 8. The van der Waals surface area contributed by atoms with Crippen LogP contribution in [0, 0.1) is 0 Å². The highest BCUT2D eigenvalue weighted by atomic mass is 16.6. The first-order valence-electron chi connectivity index (χ1n) is 22.3. The summed E-state index contributed by atoms with van der Waals surface area (Å²) in [4.78, 5) is 40.1. The van der Waals surface area contributed by atoms with E-state index in [1.165, 1.54) is 51.4 Å². The average Bonchev–Trinajstić information content (AvgIpc) is 3.53. The third kappa shape index (κ3) is 31.1. The Hall–Kier alpha value is -2.71. The van der Waals surface area contributed by atoms with E-state index in [2.05, 4.69) is 62.5 Å². The predicted molar refractivity (Wildman–Crippen MR) is 227 cm³/mol. The topological polar surface area (TPSA) is 91.4 Å². The van der Waals surface area contributed by atoms with Crippen molar-refractivity contribution in [1.82, 2.24) is 4.90 Å². The van der Waals surface area contributed by atoms with Gasteiger partial charge in [-0.05, 0) is 104 Å². The molecule has 1 unspecified atom stereocenters. The van der Waals surface area contributed by atoms with E-state index < -0.39 is 18.3 Å². The minimum Gasteiger partial charge on any atom is -0.463 e. The molecule has 316 valence electrons. The Kier molecular flexibility index (Phi) is 33.8. The van der Waals surface area contributed by atoms with Gasteiger partial charge in [-0.1, -0.05) is 127 Å². The lowest BCUT2D eigenvalue weighted by molar-refractivity contribution is -0.168. The van der Waals surface area contributed by atoms with Crippen molar-refractivity contribution in [2.24, 2.45) is 0 Å². The zero-order chi connectivity index (χ0) is 40.0. The molecular formula is C47H81NO7. The van der Waals surface area contributed by atoms with Crippen LogP contribution in [0.5, 0.6) is 0 Å². The van der Waals surface area contributed by atoms with E-state index in [0.717, 1.165) is 96.4 Å². The number of esters is 3. The van der Waals surface area contributed by atoms with E-state index in [0.29, 0.717) is 25.7 Å². The zero-order valence-electron chi connectivity index (χ0n) is 35.7. The number of ether oxygens (including phenoxy) is 4. The SMILES string of the molecule is CCCCC/C=C\C/C=C\CCCCCCCC(=O)OC1CO[C@H](COC(=O)CCCN(C)C)[C@@H]1OC(=O)CCCCCCC/C=C\C/C=C\CCCCC. The molecule has 3 atom stereocenters. The summed E-state index contributed by atoms with van der Waals surface area (Å²) in [5.74, 6) is -0.962. The first kappa shape index (κ1) is 50.3. The summed E-state index contributed by atoms with van der Waals surface area (Å²) in [5, 5.41) is 0. The van der Waals surface area contributed by atoms with Gasteiger partial charge in [-0.2, -0.15) is 0 Å². The molecule has 1 aliphatic heterocycles. The molecule has 1 aliphatic rings. The van der Waals surface area contributed by atoms with Gasteiger partial charge in [0, 0.05) is 19.3 Å². The number of nitrogens with zero attached hydrogens (tertiary/aromatic N) is 1. The largest absolute Gasteiger partial charge is 0.463 e. The van der Waals surface area contributed by atoms with Crippen molar-refractivity contribution < 1.29 is 33.3 Å². The minimum absolute atomic E-state index is 0.0403. The molecule has 0 spiro atoms. The van der Waals surface area contributed by atoms with Crippen molar-refractivity contribution >= 4 is 17.9 Å². The molecule has 1 fully saturated rings. The van der Waals surface area contributed by atoms with Crippen LogP contribution in [0.15, 0.2) is 48.6 Å². The average molecular weight is 772 g/mol. The number of carbonyl (C=O) groups excluding carboxylic acids is 3. The molecule has 0 bridgehead atoms. The zero-order valence-corrected chi connectivity index (χ0v) is 35.7. The Morgan fingerprint density at radius 3 is 1.47 bits per heavy atom. The molecule has 8 nitrogen and oxygen atoms in total. The summed E-state index contributed by atoms with van der Waals surface area (Å²) in [6, 6.07) is 0. The second kappa shape index (κ2) is 36.9. The van der Waals surface area contributed by atoms with E-state index >= 15 is 0 Å². The van der Waals surface area contributed by atoms with Crippen LogP contribution < -0.4 is 0 Å². The van der Waals surface area contributed by atoms with Gasteiger partial charge in [-0.15, -0.1) is 0 Å². The van der Waals surface area contributed by atoms with Crippen LogP contribution in [0.25, 0.3) is 0 Å². The first-order chi connectivity index (χ1) is 26.9. The second-order valence-corrected chi connectivity index (χ2v) is 15.4. The fraction of sp³-hybridized carbons (Fsp3) is 0.766. The van der Waals surface area contributed by atoms with Gasteiger partial charge >= 0.3 is 17.9 Å². The lowest BCUT2D eigenvalue weighted by atomic mass is 10.1. The summed E-state index contributed by atoms with van der Waals surface area (Å²) in [7, 11) is 3.92. The van der Waals surface area contributed by atoms with Gasteiger partial charge in [0.2, 0.25) is 0 Å². The van der Waals surface area contributed by atoms with Crippen molar-refractivity contribution in [3.05, 3.63) is 48.6 Å². The summed E-state index contributed by atoms with van der Waals surface area (Å²) in [6.07, 6.45) is 42.1. The van der Waals surface area contributed by atoms with Crippen LogP contribution in [0.1, 0.15) is 181 Å². The number of rotatable bonds is 36. The molecule has 0 aromatic rings. The van der Waals surface area contributed by atoms with E-state index in [-0.39, 0.29) is 31.1 Å². The van der Waals surface area contributed by atoms with Crippen LogP contribution in [0.4, 0.5) is 0 Å². The highest BCUT2D eigenvalue weighted by molar-refractivity contribution is 5.71. The van der Waals surface area contributed by atoms with Gasteiger partial charge in [0.1, 0.15) is 12.7 Å². The molecule has 0 amide bonds. The molecule has 0 aliphatic carbocycles. The van der Waals surface area contributed by atoms with Crippen molar-refractivity contribution in [1.29, 1.82) is 0 Å². The number of hydrogen-bond donors (Lipinski definition) is 0. The van der Waals surface area contributed by atoms with Crippen LogP contribution in [-0.2, 0) is 33.3 Å². The summed E-state index contributed by atoms with van der Waals surface area (Å²) >= 11 is 0. The van der Waals surface area contributed by atoms with Crippen molar-refractivity contribution in [2.45, 2.75) is 199 Å². The molecule has 0 aromatic carbocycles. The number of carbonyl (C=O) groups is 3. The Balaban J connectivity index is 2.38. The summed E-state index contributed by atoms with van der Waals surface area (Å²) < 4.78 is 23.0. The highest BCUT2D eigenvalue weighted by Crippen LogP contribution is 2.24. The maximum atomic E-state index is 12.9.